The lowest BCUT2D eigenvalue weighted by Gasteiger charge is -2.22. The van der Waals surface area contributed by atoms with Gasteiger partial charge in [0.2, 0.25) is 0 Å². The van der Waals surface area contributed by atoms with E-state index >= 15 is 0 Å². The lowest BCUT2D eigenvalue weighted by molar-refractivity contribution is 1.31. The molecule has 1 heteroatoms. The van der Waals surface area contributed by atoms with Crippen molar-refractivity contribution in [3.05, 3.63) is 96.6 Å². The summed E-state index contributed by atoms with van der Waals surface area (Å²) in [5, 5.41) is 0. The maximum atomic E-state index is 2.25. The van der Waals surface area contributed by atoms with Crippen LogP contribution in [0.15, 0.2) is 101 Å². The molecule has 0 amide bonds. The van der Waals surface area contributed by atoms with Crippen molar-refractivity contribution in [3.63, 3.8) is 0 Å². The summed E-state index contributed by atoms with van der Waals surface area (Å²) in [6, 6.07) is 32.5. The Morgan fingerprint density at radius 3 is 1.35 bits per heavy atom. The van der Waals surface area contributed by atoms with Crippen LogP contribution in [0.2, 0.25) is 0 Å². The molecule has 0 spiro atoms. The molecule has 20 heavy (non-hydrogen) atoms. The van der Waals surface area contributed by atoms with Crippen LogP contribution >= 0.6 is 10.9 Å². The van der Waals surface area contributed by atoms with Gasteiger partial charge in [0.1, 0.15) is 0 Å². The van der Waals surface area contributed by atoms with Gasteiger partial charge in [0.05, 0.1) is 0 Å². The first-order valence-electron chi connectivity index (χ1n) is 6.85. The van der Waals surface area contributed by atoms with Crippen molar-refractivity contribution < 1.29 is 0 Å². The molecule has 0 fully saturated rings. The Hall–Kier alpha value is -1.99. The van der Waals surface area contributed by atoms with Gasteiger partial charge in [-0.25, -0.2) is 0 Å². The lowest BCUT2D eigenvalue weighted by Crippen LogP contribution is -1.91. The van der Waals surface area contributed by atoms with E-state index in [1.54, 1.807) is 0 Å². The second-order valence-corrected chi connectivity index (χ2v) is 6.95. The first-order valence-corrected chi connectivity index (χ1v) is 8.38. The van der Waals surface area contributed by atoms with Crippen LogP contribution < -0.4 is 0 Å². The highest BCUT2D eigenvalue weighted by Crippen LogP contribution is 2.46. The van der Waals surface area contributed by atoms with E-state index in [1.165, 1.54) is 15.4 Å². The lowest BCUT2D eigenvalue weighted by atomic mass is 10.2. The summed E-state index contributed by atoms with van der Waals surface area (Å²) in [7, 11) is -0.327. The van der Waals surface area contributed by atoms with Gasteiger partial charge in [0, 0.05) is 5.75 Å². The van der Waals surface area contributed by atoms with E-state index in [1.807, 2.05) is 0 Å². The molecule has 3 aromatic rings. The van der Waals surface area contributed by atoms with Crippen LogP contribution in [-0.2, 0) is 5.75 Å². The fourth-order valence-corrected chi connectivity index (χ4v) is 4.62. The molecule has 0 aliphatic heterocycles. The minimum Gasteiger partial charge on any atom is -0.196 e. The third kappa shape index (κ3) is 3.12. The van der Waals surface area contributed by atoms with Crippen molar-refractivity contribution in [2.75, 3.05) is 0 Å². The van der Waals surface area contributed by atoms with E-state index in [9.17, 15) is 0 Å². The molecular weight excluding hydrogens is 260 g/mol. The molecule has 0 saturated heterocycles. The summed E-state index contributed by atoms with van der Waals surface area (Å²) >= 11 is 0. The molecule has 0 aliphatic carbocycles. The summed E-state index contributed by atoms with van der Waals surface area (Å²) in [5.74, 6) is 1.10. The van der Waals surface area contributed by atoms with Crippen molar-refractivity contribution in [2.24, 2.45) is 0 Å². The van der Waals surface area contributed by atoms with Gasteiger partial charge in [-0.05, 0) is 39.6 Å². The molecule has 0 N–H and O–H groups in total. The molecule has 0 aliphatic rings. The molecule has 100 valence electrons. The number of thiol groups is 1. The number of hydrogen-bond donors (Lipinski definition) is 1. The molecule has 3 rings (SSSR count). The van der Waals surface area contributed by atoms with Crippen molar-refractivity contribution in [1.29, 1.82) is 0 Å². The zero-order valence-electron chi connectivity index (χ0n) is 11.3. The van der Waals surface area contributed by atoms with Crippen LogP contribution in [0.25, 0.3) is 0 Å². The molecule has 0 aromatic heterocycles. The van der Waals surface area contributed by atoms with Crippen molar-refractivity contribution in [1.82, 2.24) is 0 Å². The van der Waals surface area contributed by atoms with E-state index in [0.29, 0.717) is 0 Å². The minimum atomic E-state index is -0.327. The van der Waals surface area contributed by atoms with Crippen LogP contribution in [0.4, 0.5) is 0 Å². The Kier molecular flexibility index (Phi) is 4.19. The summed E-state index contributed by atoms with van der Waals surface area (Å²) < 4.78 is 0. The standard InChI is InChI=1S/C19H18S/c1-4-10-17(11-5-1)16-20(18-12-6-2-7-13-18)19-14-8-3-9-15-19/h1-15,20H,16H2. The van der Waals surface area contributed by atoms with Gasteiger partial charge < -0.3 is 0 Å². The van der Waals surface area contributed by atoms with Crippen LogP contribution in [0.1, 0.15) is 5.56 Å². The van der Waals surface area contributed by atoms with Gasteiger partial charge in [-0.1, -0.05) is 66.7 Å². The maximum absolute atomic E-state index is 2.25. The van der Waals surface area contributed by atoms with Gasteiger partial charge in [-0.15, -0.1) is 0 Å². The predicted molar refractivity (Wildman–Crippen MR) is 88.5 cm³/mol. The van der Waals surface area contributed by atoms with Gasteiger partial charge in [0.25, 0.3) is 0 Å². The second-order valence-electron chi connectivity index (χ2n) is 4.74. The van der Waals surface area contributed by atoms with Gasteiger partial charge in [-0.2, -0.15) is 10.9 Å². The molecule has 0 radical (unpaired) electrons. The van der Waals surface area contributed by atoms with E-state index in [4.69, 9.17) is 0 Å². The Labute approximate surface area is 123 Å². The summed E-state index contributed by atoms with van der Waals surface area (Å²) in [6.07, 6.45) is 0. The SMILES string of the molecule is c1ccc(C[SH](c2ccccc2)c2ccccc2)cc1. The Morgan fingerprint density at radius 2 is 0.900 bits per heavy atom. The first kappa shape index (κ1) is 13.0. The predicted octanol–water partition coefficient (Wildman–Crippen LogP) is 5.31. The Bertz CT molecular complexity index is 593. The highest BCUT2D eigenvalue weighted by molar-refractivity contribution is 8.16. The molecule has 0 heterocycles. The highest BCUT2D eigenvalue weighted by atomic mass is 32.2. The Balaban J connectivity index is 1.96. The zero-order valence-corrected chi connectivity index (χ0v) is 12.2. The first-order chi connectivity index (χ1) is 9.93. The van der Waals surface area contributed by atoms with Crippen molar-refractivity contribution in [3.8, 4) is 0 Å². The van der Waals surface area contributed by atoms with Crippen LogP contribution in [0, 0.1) is 0 Å². The van der Waals surface area contributed by atoms with Crippen LogP contribution in [0.5, 0.6) is 0 Å². The smallest absolute Gasteiger partial charge is 0.00773 e. The molecule has 0 atom stereocenters. The topological polar surface area (TPSA) is 0 Å². The summed E-state index contributed by atoms with van der Waals surface area (Å²) in [5.41, 5.74) is 1.41. The van der Waals surface area contributed by atoms with Crippen molar-refractivity contribution in [2.45, 2.75) is 15.5 Å². The fourth-order valence-electron chi connectivity index (χ4n) is 2.31. The molecule has 0 bridgehead atoms. The number of benzene rings is 3. The van der Waals surface area contributed by atoms with E-state index in [2.05, 4.69) is 91.0 Å². The molecule has 0 nitrogen and oxygen atoms in total. The fraction of sp³-hybridized carbons (Fsp3) is 0.0526. The molecule has 0 unspecified atom stereocenters. The van der Waals surface area contributed by atoms with Gasteiger partial charge >= 0.3 is 0 Å². The minimum absolute atomic E-state index is 0.327. The Morgan fingerprint density at radius 1 is 0.500 bits per heavy atom. The molecule has 0 saturated carbocycles. The van der Waals surface area contributed by atoms with E-state index in [-0.39, 0.29) is 10.9 Å². The zero-order chi connectivity index (χ0) is 13.6. The highest BCUT2D eigenvalue weighted by Gasteiger charge is 2.09. The second kappa shape index (κ2) is 6.44. The summed E-state index contributed by atoms with van der Waals surface area (Å²) in [4.78, 5) is 2.88. The van der Waals surface area contributed by atoms with Gasteiger partial charge in [0.15, 0.2) is 0 Å². The molecular formula is C19H18S. The van der Waals surface area contributed by atoms with Gasteiger partial charge in [-0.3, -0.25) is 0 Å². The van der Waals surface area contributed by atoms with Crippen LogP contribution in [-0.4, -0.2) is 0 Å². The average Bonchev–Trinajstić information content (AvgIpc) is 2.55. The van der Waals surface area contributed by atoms with Crippen molar-refractivity contribution >= 4 is 10.9 Å². The third-order valence-electron chi connectivity index (χ3n) is 3.32. The number of hydrogen-bond acceptors (Lipinski definition) is 0. The monoisotopic (exact) mass is 278 g/mol. The number of rotatable bonds is 4. The summed E-state index contributed by atoms with van der Waals surface area (Å²) in [6.45, 7) is 0. The quantitative estimate of drug-likeness (QED) is 0.615. The third-order valence-corrected chi connectivity index (χ3v) is 5.84. The van der Waals surface area contributed by atoms with Crippen LogP contribution in [0.3, 0.4) is 0 Å². The van der Waals surface area contributed by atoms with E-state index < -0.39 is 0 Å². The maximum Gasteiger partial charge on any atom is 0.00773 e. The molecule has 3 aromatic carbocycles. The normalized spacial score (nSPS) is 11.1. The largest absolute Gasteiger partial charge is 0.196 e. The average molecular weight is 278 g/mol. The van der Waals surface area contributed by atoms with E-state index in [0.717, 1.165) is 5.75 Å².